The Labute approximate surface area is 110 Å². The lowest BCUT2D eigenvalue weighted by atomic mass is 10.0. The first kappa shape index (κ1) is 14.0. The van der Waals surface area contributed by atoms with E-state index in [4.69, 9.17) is 16.7 Å². The second-order valence-electron chi connectivity index (χ2n) is 4.46. The van der Waals surface area contributed by atoms with Crippen LogP contribution in [0.2, 0.25) is 5.02 Å². The number of hydrogen-bond donors (Lipinski definition) is 2. The molecule has 16 heavy (non-hydrogen) atoms. The zero-order valence-corrected chi connectivity index (χ0v) is 11.9. The van der Waals surface area contributed by atoms with Crippen molar-refractivity contribution in [2.24, 2.45) is 0 Å². The SMILES string of the molecule is CC(C)(CCO)NCc1ccc(Cl)c(Br)c1. The highest BCUT2D eigenvalue weighted by molar-refractivity contribution is 9.10. The molecule has 0 bridgehead atoms. The lowest BCUT2D eigenvalue weighted by molar-refractivity contribution is 0.230. The summed E-state index contributed by atoms with van der Waals surface area (Å²) in [7, 11) is 0. The van der Waals surface area contributed by atoms with Crippen molar-refractivity contribution in [3.8, 4) is 0 Å². The van der Waals surface area contributed by atoms with E-state index >= 15 is 0 Å². The predicted octanol–water partition coefficient (Wildman–Crippen LogP) is 3.35. The molecule has 0 fully saturated rings. The summed E-state index contributed by atoms with van der Waals surface area (Å²) in [6.45, 7) is 5.12. The zero-order valence-electron chi connectivity index (χ0n) is 9.56. The Morgan fingerprint density at radius 3 is 2.69 bits per heavy atom. The summed E-state index contributed by atoms with van der Waals surface area (Å²) in [5.74, 6) is 0. The van der Waals surface area contributed by atoms with Gasteiger partial charge in [0.05, 0.1) is 5.02 Å². The second kappa shape index (κ2) is 6.01. The average Bonchev–Trinajstić information content (AvgIpc) is 2.20. The van der Waals surface area contributed by atoms with E-state index in [0.717, 1.165) is 22.5 Å². The highest BCUT2D eigenvalue weighted by Crippen LogP contribution is 2.23. The van der Waals surface area contributed by atoms with Crippen LogP contribution in [-0.4, -0.2) is 17.3 Å². The summed E-state index contributed by atoms with van der Waals surface area (Å²) in [5.41, 5.74) is 1.11. The van der Waals surface area contributed by atoms with Gasteiger partial charge in [0, 0.05) is 23.2 Å². The third kappa shape index (κ3) is 4.42. The average molecular weight is 307 g/mol. The molecule has 1 aromatic carbocycles. The number of halogens is 2. The van der Waals surface area contributed by atoms with E-state index < -0.39 is 0 Å². The predicted molar refractivity (Wildman–Crippen MR) is 71.8 cm³/mol. The molecule has 0 aliphatic rings. The smallest absolute Gasteiger partial charge is 0.0548 e. The maximum atomic E-state index is 8.91. The minimum absolute atomic E-state index is 0.0547. The van der Waals surface area contributed by atoms with Gasteiger partial charge >= 0.3 is 0 Å². The van der Waals surface area contributed by atoms with Gasteiger partial charge < -0.3 is 10.4 Å². The van der Waals surface area contributed by atoms with Gasteiger partial charge in [-0.1, -0.05) is 17.7 Å². The summed E-state index contributed by atoms with van der Waals surface area (Å²) in [6.07, 6.45) is 0.738. The summed E-state index contributed by atoms with van der Waals surface area (Å²) in [6, 6.07) is 5.88. The zero-order chi connectivity index (χ0) is 12.2. The molecule has 4 heteroatoms. The molecule has 0 saturated heterocycles. The third-order valence-electron chi connectivity index (χ3n) is 2.49. The number of rotatable bonds is 5. The van der Waals surface area contributed by atoms with Gasteiger partial charge in [-0.05, 0) is 53.9 Å². The molecule has 0 unspecified atom stereocenters. The van der Waals surface area contributed by atoms with E-state index in [1.807, 2.05) is 18.2 Å². The lowest BCUT2D eigenvalue weighted by Gasteiger charge is -2.25. The molecule has 0 heterocycles. The normalized spacial score (nSPS) is 11.8. The Morgan fingerprint density at radius 1 is 1.44 bits per heavy atom. The Hall–Kier alpha value is -0.0900. The van der Waals surface area contributed by atoms with Crippen molar-refractivity contribution >= 4 is 27.5 Å². The molecular weight excluding hydrogens is 289 g/mol. The molecule has 1 aromatic rings. The third-order valence-corrected chi connectivity index (χ3v) is 3.71. The number of aliphatic hydroxyl groups excluding tert-OH is 1. The van der Waals surface area contributed by atoms with E-state index in [9.17, 15) is 0 Å². The first-order valence-electron chi connectivity index (χ1n) is 5.24. The summed E-state index contributed by atoms with van der Waals surface area (Å²) in [4.78, 5) is 0. The van der Waals surface area contributed by atoms with Crippen molar-refractivity contribution in [3.63, 3.8) is 0 Å². The second-order valence-corrected chi connectivity index (χ2v) is 5.72. The van der Waals surface area contributed by atoms with Crippen LogP contribution in [0.5, 0.6) is 0 Å². The highest BCUT2D eigenvalue weighted by atomic mass is 79.9. The molecule has 0 radical (unpaired) electrons. The van der Waals surface area contributed by atoms with Crippen molar-refractivity contribution in [2.45, 2.75) is 32.4 Å². The minimum Gasteiger partial charge on any atom is -0.396 e. The molecule has 0 aliphatic heterocycles. The van der Waals surface area contributed by atoms with Crippen LogP contribution in [0.4, 0.5) is 0 Å². The van der Waals surface area contributed by atoms with E-state index in [2.05, 4.69) is 35.1 Å². The standard InChI is InChI=1S/C12H17BrClNO/c1-12(2,5-6-16)15-8-9-3-4-11(14)10(13)7-9/h3-4,7,15-16H,5-6,8H2,1-2H3. The van der Waals surface area contributed by atoms with Gasteiger partial charge in [-0.3, -0.25) is 0 Å². The molecule has 0 aromatic heterocycles. The van der Waals surface area contributed by atoms with Crippen molar-refractivity contribution in [3.05, 3.63) is 33.3 Å². The van der Waals surface area contributed by atoms with Crippen LogP contribution < -0.4 is 5.32 Å². The van der Waals surface area contributed by atoms with Crippen molar-refractivity contribution < 1.29 is 5.11 Å². The van der Waals surface area contributed by atoms with Gasteiger partial charge in [0.1, 0.15) is 0 Å². The van der Waals surface area contributed by atoms with Crippen molar-refractivity contribution in [1.82, 2.24) is 5.32 Å². The van der Waals surface area contributed by atoms with Gasteiger partial charge in [-0.25, -0.2) is 0 Å². The van der Waals surface area contributed by atoms with Crippen LogP contribution in [0.15, 0.2) is 22.7 Å². The molecule has 0 spiro atoms. The van der Waals surface area contributed by atoms with E-state index in [0.29, 0.717) is 0 Å². The van der Waals surface area contributed by atoms with Crippen LogP contribution in [0.1, 0.15) is 25.8 Å². The maximum absolute atomic E-state index is 8.91. The largest absolute Gasteiger partial charge is 0.396 e. The maximum Gasteiger partial charge on any atom is 0.0548 e. The Morgan fingerprint density at radius 2 is 2.12 bits per heavy atom. The van der Waals surface area contributed by atoms with Crippen LogP contribution in [0.25, 0.3) is 0 Å². The molecule has 1 rings (SSSR count). The summed E-state index contributed by atoms with van der Waals surface area (Å²) >= 11 is 9.32. The topological polar surface area (TPSA) is 32.3 Å². The first-order chi connectivity index (χ1) is 7.44. The van der Waals surface area contributed by atoms with Gasteiger partial charge in [0.15, 0.2) is 0 Å². The Bertz CT molecular complexity index is 355. The van der Waals surface area contributed by atoms with E-state index in [1.165, 1.54) is 5.56 Å². The van der Waals surface area contributed by atoms with Gasteiger partial charge in [0.25, 0.3) is 0 Å². The van der Waals surface area contributed by atoms with E-state index in [-0.39, 0.29) is 12.1 Å². The Balaban J connectivity index is 2.57. The quantitative estimate of drug-likeness (QED) is 0.874. The van der Waals surface area contributed by atoms with Crippen LogP contribution in [0, 0.1) is 0 Å². The van der Waals surface area contributed by atoms with Gasteiger partial charge in [-0.2, -0.15) is 0 Å². The fraction of sp³-hybridized carbons (Fsp3) is 0.500. The molecule has 0 saturated carbocycles. The molecule has 2 nitrogen and oxygen atoms in total. The monoisotopic (exact) mass is 305 g/mol. The highest BCUT2D eigenvalue weighted by Gasteiger charge is 2.15. The number of benzene rings is 1. The molecule has 0 atom stereocenters. The fourth-order valence-electron chi connectivity index (χ4n) is 1.36. The number of nitrogens with one attached hydrogen (secondary N) is 1. The van der Waals surface area contributed by atoms with Crippen LogP contribution in [-0.2, 0) is 6.54 Å². The molecular formula is C12H17BrClNO. The van der Waals surface area contributed by atoms with Gasteiger partial charge in [-0.15, -0.1) is 0 Å². The Kier molecular flexibility index (Phi) is 5.25. The molecule has 0 amide bonds. The van der Waals surface area contributed by atoms with Crippen LogP contribution in [0.3, 0.4) is 0 Å². The lowest BCUT2D eigenvalue weighted by Crippen LogP contribution is -2.39. The summed E-state index contributed by atoms with van der Waals surface area (Å²) in [5, 5.41) is 13.0. The van der Waals surface area contributed by atoms with Crippen LogP contribution >= 0.6 is 27.5 Å². The fourth-order valence-corrected chi connectivity index (χ4v) is 1.90. The van der Waals surface area contributed by atoms with Crippen molar-refractivity contribution in [2.75, 3.05) is 6.61 Å². The number of hydrogen-bond acceptors (Lipinski definition) is 2. The van der Waals surface area contributed by atoms with E-state index in [1.54, 1.807) is 0 Å². The number of aliphatic hydroxyl groups is 1. The molecule has 0 aliphatic carbocycles. The van der Waals surface area contributed by atoms with Gasteiger partial charge in [0.2, 0.25) is 0 Å². The summed E-state index contributed by atoms with van der Waals surface area (Å²) < 4.78 is 0.911. The minimum atomic E-state index is -0.0547. The van der Waals surface area contributed by atoms with Crippen molar-refractivity contribution in [1.29, 1.82) is 0 Å². The molecule has 90 valence electrons. The first-order valence-corrected chi connectivity index (χ1v) is 6.41. The molecule has 2 N–H and O–H groups in total.